The molecule has 4 bridgehead atoms. The first-order chi connectivity index (χ1) is 13.4. The molecular formula is C21H26BrN3O3. The Kier molecular flexibility index (Phi) is 4.41. The van der Waals surface area contributed by atoms with Crippen LogP contribution in [0.5, 0.6) is 0 Å². The number of rotatable bonds is 3. The van der Waals surface area contributed by atoms with E-state index in [2.05, 4.69) is 15.9 Å². The third kappa shape index (κ3) is 3.02. The molecule has 5 fully saturated rings. The summed E-state index contributed by atoms with van der Waals surface area (Å²) in [7, 11) is 0. The Morgan fingerprint density at radius 2 is 1.61 bits per heavy atom. The molecule has 5 aliphatic rings. The van der Waals surface area contributed by atoms with Crippen molar-refractivity contribution < 1.29 is 9.72 Å². The number of benzene rings is 1. The van der Waals surface area contributed by atoms with Crippen LogP contribution in [0, 0.1) is 33.3 Å². The largest absolute Gasteiger partial charge is 0.362 e. The zero-order valence-electron chi connectivity index (χ0n) is 16.0. The van der Waals surface area contributed by atoms with Crippen molar-refractivity contribution in [2.45, 2.75) is 38.5 Å². The fourth-order valence-corrected chi connectivity index (χ4v) is 7.12. The van der Waals surface area contributed by atoms with Gasteiger partial charge in [-0.25, -0.2) is 0 Å². The summed E-state index contributed by atoms with van der Waals surface area (Å²) < 4.78 is 0.707. The fourth-order valence-electron chi connectivity index (χ4n) is 6.77. The van der Waals surface area contributed by atoms with E-state index in [1.807, 2.05) is 15.9 Å². The third-order valence-corrected chi connectivity index (χ3v) is 8.03. The highest BCUT2D eigenvalue weighted by Crippen LogP contribution is 2.60. The van der Waals surface area contributed by atoms with Gasteiger partial charge in [0, 0.05) is 36.7 Å². The quantitative estimate of drug-likeness (QED) is 0.513. The molecule has 4 aliphatic carbocycles. The maximum Gasteiger partial charge on any atom is 0.293 e. The number of carbonyl (C=O) groups excluding carboxylic acids is 1. The molecule has 7 heteroatoms. The van der Waals surface area contributed by atoms with Gasteiger partial charge in [-0.2, -0.15) is 0 Å². The van der Waals surface area contributed by atoms with Crippen molar-refractivity contribution in [3.8, 4) is 0 Å². The number of carbonyl (C=O) groups is 1. The summed E-state index contributed by atoms with van der Waals surface area (Å²) in [4.78, 5) is 28.7. The molecule has 6 rings (SSSR count). The van der Waals surface area contributed by atoms with Crippen molar-refractivity contribution in [2.75, 3.05) is 31.1 Å². The lowest BCUT2D eigenvalue weighted by atomic mass is 9.49. The SMILES string of the molecule is O=C(N1CCN(c2ccc(Br)cc2[N+](=O)[O-])CC1)C12CC3CC(CC(C3)C1)C2. The molecule has 150 valence electrons. The smallest absolute Gasteiger partial charge is 0.293 e. The zero-order chi connectivity index (χ0) is 19.5. The summed E-state index contributed by atoms with van der Waals surface area (Å²) in [5.74, 6) is 2.67. The van der Waals surface area contributed by atoms with Crippen molar-refractivity contribution in [2.24, 2.45) is 23.2 Å². The molecule has 1 heterocycles. The first kappa shape index (κ1) is 18.4. The highest BCUT2D eigenvalue weighted by atomic mass is 79.9. The van der Waals surface area contributed by atoms with Crippen LogP contribution in [0.15, 0.2) is 22.7 Å². The maximum absolute atomic E-state index is 13.5. The van der Waals surface area contributed by atoms with E-state index in [0.717, 1.165) is 37.0 Å². The number of halogens is 1. The lowest BCUT2D eigenvalue weighted by molar-refractivity contribution is -0.384. The standard InChI is InChI=1S/C21H26BrN3O3/c22-17-1-2-18(19(10-17)25(27)28)23-3-5-24(6-4-23)20(26)21-11-14-7-15(12-21)9-16(8-14)13-21/h1-2,10,14-16H,3-9,11-13H2. The van der Waals surface area contributed by atoms with Gasteiger partial charge in [0.2, 0.25) is 5.91 Å². The van der Waals surface area contributed by atoms with Gasteiger partial charge in [0.05, 0.1) is 10.3 Å². The fraction of sp³-hybridized carbons (Fsp3) is 0.667. The van der Waals surface area contributed by atoms with Gasteiger partial charge in [-0.15, -0.1) is 0 Å². The topological polar surface area (TPSA) is 66.7 Å². The van der Waals surface area contributed by atoms with Crippen LogP contribution in [-0.4, -0.2) is 41.9 Å². The summed E-state index contributed by atoms with van der Waals surface area (Å²) >= 11 is 3.32. The molecule has 0 aromatic heterocycles. The number of anilines is 1. The molecular weight excluding hydrogens is 422 g/mol. The lowest BCUT2D eigenvalue weighted by Gasteiger charge is -2.57. The van der Waals surface area contributed by atoms with Gasteiger partial charge in [-0.1, -0.05) is 15.9 Å². The van der Waals surface area contributed by atoms with Crippen LogP contribution in [-0.2, 0) is 4.79 Å². The number of amides is 1. The van der Waals surface area contributed by atoms with Crippen LogP contribution in [0.1, 0.15) is 38.5 Å². The van der Waals surface area contributed by atoms with Gasteiger partial charge in [0.15, 0.2) is 0 Å². The molecule has 1 aromatic rings. The summed E-state index contributed by atoms with van der Waals surface area (Å²) in [5, 5.41) is 11.4. The predicted octanol–water partition coefficient (Wildman–Crippen LogP) is 4.22. The second-order valence-electron chi connectivity index (χ2n) is 9.37. The van der Waals surface area contributed by atoms with Crippen LogP contribution in [0.3, 0.4) is 0 Å². The van der Waals surface area contributed by atoms with Crippen molar-refractivity contribution >= 4 is 33.2 Å². The highest BCUT2D eigenvalue weighted by Gasteiger charge is 2.55. The second-order valence-corrected chi connectivity index (χ2v) is 10.3. The summed E-state index contributed by atoms with van der Waals surface area (Å²) in [6.45, 7) is 2.63. The van der Waals surface area contributed by atoms with E-state index in [1.165, 1.54) is 19.3 Å². The summed E-state index contributed by atoms with van der Waals surface area (Å²) in [6, 6.07) is 5.20. The molecule has 1 aliphatic heterocycles. The molecule has 1 saturated heterocycles. The Bertz CT molecular complexity index is 784. The van der Waals surface area contributed by atoms with E-state index in [4.69, 9.17) is 0 Å². The number of hydrogen-bond acceptors (Lipinski definition) is 4. The molecule has 4 saturated carbocycles. The van der Waals surface area contributed by atoms with E-state index < -0.39 is 0 Å². The first-order valence-corrected chi connectivity index (χ1v) is 11.2. The Balaban J connectivity index is 1.29. The summed E-state index contributed by atoms with van der Waals surface area (Å²) in [6.07, 6.45) is 7.30. The third-order valence-electron chi connectivity index (χ3n) is 7.53. The maximum atomic E-state index is 13.5. The minimum atomic E-state index is -0.326. The number of nitro benzene ring substituents is 1. The van der Waals surface area contributed by atoms with E-state index in [9.17, 15) is 14.9 Å². The van der Waals surface area contributed by atoms with Crippen LogP contribution in [0.25, 0.3) is 0 Å². The average Bonchev–Trinajstić information content (AvgIpc) is 2.66. The van der Waals surface area contributed by atoms with Crippen LogP contribution in [0.4, 0.5) is 11.4 Å². The Labute approximate surface area is 173 Å². The average molecular weight is 448 g/mol. The molecule has 0 atom stereocenters. The Morgan fingerprint density at radius 1 is 1.04 bits per heavy atom. The molecule has 0 N–H and O–H groups in total. The molecule has 6 nitrogen and oxygen atoms in total. The zero-order valence-corrected chi connectivity index (χ0v) is 17.6. The Hall–Kier alpha value is -1.63. The van der Waals surface area contributed by atoms with Crippen molar-refractivity contribution in [1.82, 2.24) is 4.90 Å². The normalized spacial score (nSPS) is 34.0. The number of piperazine rings is 1. The van der Waals surface area contributed by atoms with Gasteiger partial charge in [0.25, 0.3) is 5.69 Å². The monoisotopic (exact) mass is 447 g/mol. The van der Waals surface area contributed by atoms with Gasteiger partial charge >= 0.3 is 0 Å². The highest BCUT2D eigenvalue weighted by molar-refractivity contribution is 9.10. The number of nitro groups is 1. The van der Waals surface area contributed by atoms with Gasteiger partial charge in [-0.05, 0) is 68.4 Å². The van der Waals surface area contributed by atoms with Crippen molar-refractivity contribution in [1.29, 1.82) is 0 Å². The number of nitrogens with zero attached hydrogens (tertiary/aromatic N) is 3. The minimum Gasteiger partial charge on any atom is -0.362 e. The van der Waals surface area contributed by atoms with E-state index >= 15 is 0 Å². The molecule has 0 radical (unpaired) electrons. The number of hydrogen-bond donors (Lipinski definition) is 0. The minimum absolute atomic E-state index is 0.0967. The van der Waals surface area contributed by atoms with E-state index in [-0.39, 0.29) is 16.0 Å². The predicted molar refractivity (Wildman–Crippen MR) is 110 cm³/mol. The van der Waals surface area contributed by atoms with E-state index in [0.29, 0.717) is 42.2 Å². The van der Waals surface area contributed by atoms with E-state index in [1.54, 1.807) is 12.1 Å². The molecule has 1 aromatic carbocycles. The molecule has 28 heavy (non-hydrogen) atoms. The van der Waals surface area contributed by atoms with Gasteiger partial charge in [-0.3, -0.25) is 14.9 Å². The lowest BCUT2D eigenvalue weighted by Crippen LogP contribution is -2.58. The van der Waals surface area contributed by atoms with Crippen LogP contribution >= 0.6 is 15.9 Å². The summed E-state index contributed by atoms with van der Waals surface area (Å²) in [5.41, 5.74) is 0.672. The van der Waals surface area contributed by atoms with Crippen LogP contribution in [0.2, 0.25) is 0 Å². The molecule has 1 amide bonds. The van der Waals surface area contributed by atoms with Crippen LogP contribution < -0.4 is 4.90 Å². The molecule has 0 unspecified atom stereocenters. The van der Waals surface area contributed by atoms with Crippen molar-refractivity contribution in [3.63, 3.8) is 0 Å². The van der Waals surface area contributed by atoms with Crippen molar-refractivity contribution in [3.05, 3.63) is 32.8 Å². The van der Waals surface area contributed by atoms with Gasteiger partial charge < -0.3 is 9.80 Å². The Morgan fingerprint density at radius 3 is 2.14 bits per heavy atom. The van der Waals surface area contributed by atoms with Gasteiger partial charge in [0.1, 0.15) is 5.69 Å². The first-order valence-electron chi connectivity index (χ1n) is 10.4. The second kappa shape index (κ2) is 6.71. The molecule has 0 spiro atoms.